The number of rotatable bonds is 5. The molecule has 1 amide bonds. The van der Waals surface area contributed by atoms with Gasteiger partial charge in [0.15, 0.2) is 0 Å². The van der Waals surface area contributed by atoms with Gasteiger partial charge in [-0.2, -0.15) is 5.10 Å². The zero-order valence-corrected chi connectivity index (χ0v) is 13.0. The van der Waals surface area contributed by atoms with Gasteiger partial charge in [-0.25, -0.2) is 0 Å². The SMILES string of the molecule is CCN(C)C(=O)c1cc(-c2ccccc2OC)nn1CC. The van der Waals surface area contributed by atoms with Gasteiger partial charge in [0.2, 0.25) is 0 Å². The molecule has 0 saturated carbocycles. The zero-order valence-electron chi connectivity index (χ0n) is 13.0. The second-order valence-corrected chi connectivity index (χ2v) is 4.75. The van der Waals surface area contributed by atoms with Crippen LogP contribution in [0, 0.1) is 0 Å². The number of hydrogen-bond donors (Lipinski definition) is 0. The van der Waals surface area contributed by atoms with E-state index in [0.717, 1.165) is 17.0 Å². The van der Waals surface area contributed by atoms with Crippen LogP contribution >= 0.6 is 0 Å². The summed E-state index contributed by atoms with van der Waals surface area (Å²) in [7, 11) is 3.42. The second kappa shape index (κ2) is 6.43. The van der Waals surface area contributed by atoms with Gasteiger partial charge in [-0.1, -0.05) is 12.1 Å². The first-order valence-electron chi connectivity index (χ1n) is 7.09. The maximum atomic E-state index is 12.4. The molecule has 5 heteroatoms. The first kappa shape index (κ1) is 15.1. The summed E-state index contributed by atoms with van der Waals surface area (Å²) in [6.45, 7) is 5.24. The van der Waals surface area contributed by atoms with Crippen molar-refractivity contribution in [2.75, 3.05) is 20.7 Å². The fourth-order valence-electron chi connectivity index (χ4n) is 2.16. The minimum absolute atomic E-state index is 0.0204. The van der Waals surface area contributed by atoms with Crippen LogP contribution in [0.2, 0.25) is 0 Å². The highest BCUT2D eigenvalue weighted by molar-refractivity contribution is 5.93. The highest BCUT2D eigenvalue weighted by Crippen LogP contribution is 2.29. The number of aromatic nitrogens is 2. The predicted molar refractivity (Wildman–Crippen MR) is 82.5 cm³/mol. The van der Waals surface area contributed by atoms with Crippen LogP contribution in [0.4, 0.5) is 0 Å². The normalized spacial score (nSPS) is 10.5. The smallest absolute Gasteiger partial charge is 0.271 e. The van der Waals surface area contributed by atoms with Gasteiger partial charge in [0.1, 0.15) is 11.4 Å². The molecule has 5 nitrogen and oxygen atoms in total. The largest absolute Gasteiger partial charge is 0.496 e. The van der Waals surface area contributed by atoms with E-state index in [9.17, 15) is 4.79 Å². The second-order valence-electron chi connectivity index (χ2n) is 4.75. The minimum Gasteiger partial charge on any atom is -0.496 e. The monoisotopic (exact) mass is 287 g/mol. The highest BCUT2D eigenvalue weighted by atomic mass is 16.5. The van der Waals surface area contributed by atoms with Gasteiger partial charge in [0.25, 0.3) is 5.91 Å². The van der Waals surface area contributed by atoms with Gasteiger partial charge in [-0.05, 0) is 32.0 Å². The lowest BCUT2D eigenvalue weighted by molar-refractivity contribution is 0.0790. The van der Waals surface area contributed by atoms with Crippen molar-refractivity contribution in [2.45, 2.75) is 20.4 Å². The van der Waals surface area contributed by atoms with Crippen LogP contribution in [0.3, 0.4) is 0 Å². The number of amides is 1. The molecule has 0 spiro atoms. The zero-order chi connectivity index (χ0) is 15.4. The van der Waals surface area contributed by atoms with Crippen molar-refractivity contribution in [1.82, 2.24) is 14.7 Å². The summed E-state index contributed by atoms with van der Waals surface area (Å²) in [6.07, 6.45) is 0. The number of nitrogens with zero attached hydrogens (tertiary/aromatic N) is 3. The molecule has 0 N–H and O–H groups in total. The third kappa shape index (κ3) is 2.91. The molecular formula is C16H21N3O2. The molecule has 0 aliphatic rings. The van der Waals surface area contributed by atoms with Gasteiger partial charge >= 0.3 is 0 Å². The Morgan fingerprint density at radius 3 is 2.67 bits per heavy atom. The molecule has 1 heterocycles. The molecule has 0 radical (unpaired) electrons. The van der Waals surface area contributed by atoms with Crippen molar-refractivity contribution in [3.8, 4) is 17.0 Å². The third-order valence-corrected chi connectivity index (χ3v) is 3.50. The Labute approximate surface area is 125 Å². The van der Waals surface area contributed by atoms with Crippen molar-refractivity contribution in [2.24, 2.45) is 0 Å². The predicted octanol–water partition coefficient (Wildman–Crippen LogP) is 2.67. The average Bonchev–Trinajstić information content (AvgIpc) is 2.97. The van der Waals surface area contributed by atoms with Gasteiger partial charge in [-0.15, -0.1) is 0 Å². The summed E-state index contributed by atoms with van der Waals surface area (Å²) >= 11 is 0. The van der Waals surface area contributed by atoms with Crippen molar-refractivity contribution in [3.63, 3.8) is 0 Å². The molecule has 0 aliphatic heterocycles. The lowest BCUT2D eigenvalue weighted by Crippen LogP contribution is -2.28. The van der Waals surface area contributed by atoms with Crippen LogP contribution in [0.5, 0.6) is 5.75 Å². The minimum atomic E-state index is -0.0204. The number of methoxy groups -OCH3 is 1. The molecule has 2 rings (SSSR count). The van der Waals surface area contributed by atoms with E-state index in [4.69, 9.17) is 4.74 Å². The van der Waals surface area contributed by atoms with Crippen molar-refractivity contribution in [1.29, 1.82) is 0 Å². The Balaban J connectivity index is 2.48. The van der Waals surface area contributed by atoms with E-state index >= 15 is 0 Å². The highest BCUT2D eigenvalue weighted by Gasteiger charge is 2.19. The van der Waals surface area contributed by atoms with Crippen LogP contribution in [0.1, 0.15) is 24.3 Å². The van der Waals surface area contributed by atoms with Crippen molar-refractivity contribution < 1.29 is 9.53 Å². The Hall–Kier alpha value is -2.30. The molecule has 2 aromatic rings. The van der Waals surface area contributed by atoms with E-state index in [0.29, 0.717) is 18.8 Å². The average molecular weight is 287 g/mol. The lowest BCUT2D eigenvalue weighted by atomic mass is 10.1. The molecule has 0 atom stereocenters. The number of hydrogen-bond acceptors (Lipinski definition) is 3. The molecular weight excluding hydrogens is 266 g/mol. The van der Waals surface area contributed by atoms with Crippen molar-refractivity contribution >= 4 is 5.91 Å². The van der Waals surface area contributed by atoms with E-state index < -0.39 is 0 Å². The van der Waals surface area contributed by atoms with E-state index in [1.165, 1.54) is 0 Å². The van der Waals surface area contributed by atoms with Crippen LogP contribution in [0.15, 0.2) is 30.3 Å². The summed E-state index contributed by atoms with van der Waals surface area (Å²) in [5.74, 6) is 0.731. The molecule has 21 heavy (non-hydrogen) atoms. The summed E-state index contributed by atoms with van der Waals surface area (Å²) in [5, 5.41) is 4.53. The van der Waals surface area contributed by atoms with Crippen LogP contribution in [-0.2, 0) is 6.54 Å². The number of para-hydroxylation sites is 1. The Bertz CT molecular complexity index is 634. The van der Waals surface area contributed by atoms with Gasteiger partial charge in [0, 0.05) is 25.7 Å². The van der Waals surface area contributed by atoms with E-state index in [1.807, 2.05) is 44.2 Å². The summed E-state index contributed by atoms with van der Waals surface area (Å²) in [5.41, 5.74) is 2.24. The van der Waals surface area contributed by atoms with E-state index in [-0.39, 0.29) is 5.91 Å². The summed E-state index contributed by atoms with van der Waals surface area (Å²) in [6, 6.07) is 9.51. The summed E-state index contributed by atoms with van der Waals surface area (Å²) < 4.78 is 7.10. The summed E-state index contributed by atoms with van der Waals surface area (Å²) in [4.78, 5) is 14.1. The molecule has 1 aromatic carbocycles. The molecule has 0 aliphatic carbocycles. The van der Waals surface area contributed by atoms with Crippen molar-refractivity contribution in [3.05, 3.63) is 36.0 Å². The Morgan fingerprint density at radius 1 is 1.33 bits per heavy atom. The number of ether oxygens (including phenoxy) is 1. The third-order valence-electron chi connectivity index (χ3n) is 3.50. The first-order valence-corrected chi connectivity index (χ1v) is 7.09. The fraction of sp³-hybridized carbons (Fsp3) is 0.375. The molecule has 0 fully saturated rings. The Morgan fingerprint density at radius 2 is 2.05 bits per heavy atom. The number of carbonyl (C=O) groups is 1. The number of aryl methyl sites for hydroxylation is 1. The molecule has 1 aromatic heterocycles. The van der Waals surface area contributed by atoms with Gasteiger partial charge < -0.3 is 9.64 Å². The quantitative estimate of drug-likeness (QED) is 0.849. The first-order chi connectivity index (χ1) is 10.1. The molecule has 0 unspecified atom stereocenters. The lowest BCUT2D eigenvalue weighted by Gasteiger charge is -2.14. The van der Waals surface area contributed by atoms with Gasteiger partial charge in [0.05, 0.1) is 12.8 Å². The maximum absolute atomic E-state index is 12.4. The fourth-order valence-corrected chi connectivity index (χ4v) is 2.16. The number of carbonyl (C=O) groups excluding carboxylic acids is 1. The standard InChI is InChI=1S/C16H21N3O2/c1-5-18(3)16(20)14-11-13(17-19(14)6-2)12-9-7-8-10-15(12)21-4/h7-11H,5-6H2,1-4H3. The maximum Gasteiger partial charge on any atom is 0.271 e. The topological polar surface area (TPSA) is 47.4 Å². The van der Waals surface area contributed by atoms with Crippen LogP contribution in [-0.4, -0.2) is 41.3 Å². The van der Waals surface area contributed by atoms with Gasteiger partial charge in [-0.3, -0.25) is 9.48 Å². The molecule has 0 bridgehead atoms. The molecule has 112 valence electrons. The van der Waals surface area contributed by atoms with E-state index in [2.05, 4.69) is 5.10 Å². The Kier molecular flexibility index (Phi) is 4.62. The number of benzene rings is 1. The van der Waals surface area contributed by atoms with Crippen LogP contribution < -0.4 is 4.74 Å². The van der Waals surface area contributed by atoms with Crippen LogP contribution in [0.25, 0.3) is 11.3 Å². The molecule has 0 saturated heterocycles. The van der Waals surface area contributed by atoms with E-state index in [1.54, 1.807) is 23.7 Å².